The molecule has 0 atom stereocenters. The predicted molar refractivity (Wildman–Crippen MR) is 132 cm³/mol. The van der Waals surface area contributed by atoms with Crippen LogP contribution in [0, 0.1) is 5.82 Å². The van der Waals surface area contributed by atoms with Crippen molar-refractivity contribution in [1.29, 1.82) is 0 Å². The molecule has 1 aromatic carbocycles. The maximum atomic E-state index is 14.1. The predicted octanol–water partition coefficient (Wildman–Crippen LogP) is 3.28. The van der Waals surface area contributed by atoms with Gasteiger partial charge in [0.15, 0.2) is 11.6 Å². The van der Waals surface area contributed by atoms with Crippen molar-refractivity contribution in [2.24, 2.45) is 10.2 Å². The van der Waals surface area contributed by atoms with E-state index in [1.165, 1.54) is 5.69 Å². The zero-order chi connectivity index (χ0) is 23.9. The van der Waals surface area contributed by atoms with Crippen molar-refractivity contribution in [1.82, 2.24) is 20.3 Å². The van der Waals surface area contributed by atoms with E-state index >= 15 is 0 Å². The molecule has 35 heavy (non-hydrogen) atoms. The van der Waals surface area contributed by atoms with Gasteiger partial charge >= 0.3 is 0 Å². The summed E-state index contributed by atoms with van der Waals surface area (Å²) in [6, 6.07) is 12.3. The molecule has 0 unspecified atom stereocenters. The summed E-state index contributed by atoms with van der Waals surface area (Å²) >= 11 is 0. The summed E-state index contributed by atoms with van der Waals surface area (Å²) in [5, 5.41) is 14.9. The van der Waals surface area contributed by atoms with Crippen LogP contribution in [0.4, 0.5) is 33.2 Å². The SMILES string of the molecule is Fc1cnc(N=NCc2ccc(Nc3ccc(N4CCNCC4)cc3)cn2)nc1N1CCOCC1. The summed E-state index contributed by atoms with van der Waals surface area (Å²) in [6.45, 7) is 6.60. The van der Waals surface area contributed by atoms with E-state index in [0.717, 1.165) is 49.4 Å². The van der Waals surface area contributed by atoms with Gasteiger partial charge in [-0.1, -0.05) is 0 Å². The largest absolute Gasteiger partial charge is 0.378 e. The first kappa shape index (κ1) is 23.1. The average Bonchev–Trinajstić information content (AvgIpc) is 2.92. The number of benzene rings is 1. The van der Waals surface area contributed by atoms with Crippen LogP contribution in [0.3, 0.4) is 0 Å². The Bertz CT molecular complexity index is 1130. The quantitative estimate of drug-likeness (QED) is 0.500. The van der Waals surface area contributed by atoms with Gasteiger partial charge in [-0.3, -0.25) is 4.98 Å². The number of pyridine rings is 1. The standard InChI is InChI=1S/C24H28FN9O/c25-22-17-28-24(31-23(22)34-11-13-35-14-12-34)32-29-16-19-1-2-20(15-27-19)30-18-3-5-21(6-4-18)33-9-7-26-8-10-33/h1-6,15,17,26,30H,7-14,16H2. The minimum atomic E-state index is -0.478. The Balaban J connectivity index is 1.15. The van der Waals surface area contributed by atoms with Crippen LogP contribution in [0.1, 0.15) is 5.69 Å². The number of rotatable bonds is 7. The molecule has 0 bridgehead atoms. The number of hydrogen-bond acceptors (Lipinski definition) is 10. The first-order valence-electron chi connectivity index (χ1n) is 11.7. The molecular weight excluding hydrogens is 449 g/mol. The van der Waals surface area contributed by atoms with Crippen molar-refractivity contribution in [3.8, 4) is 0 Å². The number of nitrogens with one attached hydrogen (secondary N) is 2. The van der Waals surface area contributed by atoms with Gasteiger partial charge in [-0.15, -0.1) is 5.11 Å². The van der Waals surface area contributed by atoms with Crippen LogP contribution in [0.5, 0.6) is 0 Å². The van der Waals surface area contributed by atoms with Crippen molar-refractivity contribution < 1.29 is 9.13 Å². The van der Waals surface area contributed by atoms with E-state index in [0.29, 0.717) is 26.3 Å². The maximum absolute atomic E-state index is 14.1. The lowest BCUT2D eigenvalue weighted by molar-refractivity contribution is 0.122. The number of aromatic nitrogens is 3. The van der Waals surface area contributed by atoms with Crippen LogP contribution in [-0.4, -0.2) is 67.4 Å². The van der Waals surface area contributed by atoms with E-state index in [1.807, 2.05) is 17.0 Å². The normalized spacial score (nSPS) is 16.6. The highest BCUT2D eigenvalue weighted by atomic mass is 19.1. The van der Waals surface area contributed by atoms with E-state index in [-0.39, 0.29) is 18.3 Å². The number of anilines is 4. The second-order valence-corrected chi connectivity index (χ2v) is 8.29. The Hall–Kier alpha value is -3.70. The van der Waals surface area contributed by atoms with Crippen molar-refractivity contribution in [2.45, 2.75) is 6.54 Å². The molecule has 182 valence electrons. The summed E-state index contributed by atoms with van der Waals surface area (Å²) in [4.78, 5) is 16.8. The smallest absolute Gasteiger partial charge is 0.270 e. The molecule has 2 aliphatic rings. The van der Waals surface area contributed by atoms with Crippen LogP contribution in [-0.2, 0) is 11.3 Å². The van der Waals surface area contributed by atoms with Gasteiger partial charge in [-0.05, 0) is 36.4 Å². The average molecular weight is 478 g/mol. The third-order valence-corrected chi connectivity index (χ3v) is 5.88. The van der Waals surface area contributed by atoms with Crippen LogP contribution in [0.25, 0.3) is 0 Å². The van der Waals surface area contributed by atoms with Gasteiger partial charge in [-0.25, -0.2) is 9.37 Å². The molecule has 0 aliphatic carbocycles. The fourth-order valence-electron chi connectivity index (χ4n) is 4.00. The lowest BCUT2D eigenvalue weighted by Gasteiger charge is -2.29. The second-order valence-electron chi connectivity index (χ2n) is 8.29. The van der Waals surface area contributed by atoms with Crippen LogP contribution in [0.15, 0.2) is 59.0 Å². The van der Waals surface area contributed by atoms with E-state index in [9.17, 15) is 4.39 Å². The van der Waals surface area contributed by atoms with Crippen molar-refractivity contribution in [3.63, 3.8) is 0 Å². The van der Waals surface area contributed by atoms with Gasteiger partial charge in [0.05, 0.1) is 37.0 Å². The molecule has 4 heterocycles. The zero-order valence-corrected chi connectivity index (χ0v) is 19.4. The molecule has 3 aromatic rings. The topological polar surface area (TPSA) is 103 Å². The molecular formula is C24H28FN9O. The molecule has 11 heteroatoms. The first-order chi connectivity index (χ1) is 17.2. The summed E-state index contributed by atoms with van der Waals surface area (Å²) in [5.74, 6) is -0.128. The van der Waals surface area contributed by atoms with E-state index in [4.69, 9.17) is 4.74 Å². The highest BCUT2D eigenvalue weighted by Crippen LogP contribution is 2.22. The molecule has 10 nitrogen and oxygen atoms in total. The van der Waals surface area contributed by atoms with E-state index < -0.39 is 5.82 Å². The van der Waals surface area contributed by atoms with E-state index in [1.54, 1.807) is 6.20 Å². The maximum Gasteiger partial charge on any atom is 0.270 e. The molecule has 0 amide bonds. The molecule has 2 saturated heterocycles. The minimum absolute atomic E-state index is 0.121. The van der Waals surface area contributed by atoms with E-state index in [2.05, 4.69) is 65.0 Å². The van der Waals surface area contributed by atoms with Gasteiger partial charge < -0.3 is 25.2 Å². The van der Waals surface area contributed by atoms with Crippen molar-refractivity contribution >= 4 is 28.8 Å². The number of nitrogens with zero attached hydrogens (tertiary/aromatic N) is 7. The highest BCUT2D eigenvalue weighted by molar-refractivity contribution is 5.62. The first-order valence-corrected chi connectivity index (χ1v) is 11.7. The van der Waals surface area contributed by atoms with Gasteiger partial charge in [0, 0.05) is 50.6 Å². The monoisotopic (exact) mass is 477 g/mol. The molecule has 2 N–H and O–H groups in total. The number of ether oxygens (including phenoxy) is 1. The Morgan fingerprint density at radius 2 is 1.69 bits per heavy atom. The highest BCUT2D eigenvalue weighted by Gasteiger charge is 2.17. The fraction of sp³-hybridized carbons (Fsp3) is 0.375. The van der Waals surface area contributed by atoms with Gasteiger partial charge in [0.2, 0.25) is 0 Å². The number of halogens is 1. The summed E-state index contributed by atoms with van der Waals surface area (Å²) in [7, 11) is 0. The Morgan fingerprint density at radius 3 is 2.43 bits per heavy atom. The van der Waals surface area contributed by atoms with Crippen molar-refractivity contribution in [2.75, 3.05) is 67.6 Å². The summed E-state index contributed by atoms with van der Waals surface area (Å²) < 4.78 is 19.5. The molecule has 2 aliphatic heterocycles. The number of azo groups is 1. The Kier molecular flexibility index (Phi) is 7.35. The fourth-order valence-corrected chi connectivity index (χ4v) is 4.00. The minimum Gasteiger partial charge on any atom is -0.378 e. The molecule has 0 spiro atoms. The third kappa shape index (κ3) is 6.06. The molecule has 5 rings (SSSR count). The van der Waals surface area contributed by atoms with Crippen molar-refractivity contribution in [3.05, 3.63) is 60.3 Å². The molecule has 0 saturated carbocycles. The number of morpholine rings is 1. The van der Waals surface area contributed by atoms with Gasteiger partial charge in [-0.2, -0.15) is 10.1 Å². The molecule has 0 radical (unpaired) electrons. The third-order valence-electron chi connectivity index (χ3n) is 5.88. The lowest BCUT2D eigenvalue weighted by atomic mass is 10.2. The zero-order valence-electron chi connectivity index (χ0n) is 19.4. The molecule has 2 aromatic heterocycles. The summed E-state index contributed by atoms with van der Waals surface area (Å²) in [5.41, 5.74) is 3.88. The summed E-state index contributed by atoms with van der Waals surface area (Å²) in [6.07, 6.45) is 2.89. The Morgan fingerprint density at radius 1 is 0.914 bits per heavy atom. The van der Waals surface area contributed by atoms with Crippen LogP contribution < -0.4 is 20.4 Å². The molecule has 2 fully saturated rings. The van der Waals surface area contributed by atoms with Gasteiger partial charge in [0.25, 0.3) is 5.95 Å². The second kappa shape index (κ2) is 11.2. The Labute approximate surface area is 203 Å². The van der Waals surface area contributed by atoms with Crippen LogP contribution >= 0.6 is 0 Å². The number of piperazine rings is 1. The van der Waals surface area contributed by atoms with Crippen LogP contribution in [0.2, 0.25) is 0 Å². The van der Waals surface area contributed by atoms with Gasteiger partial charge in [0.1, 0.15) is 6.54 Å². The number of hydrogen-bond donors (Lipinski definition) is 2. The lowest BCUT2D eigenvalue weighted by Crippen LogP contribution is -2.43.